The molecule has 0 radical (unpaired) electrons. The van der Waals surface area contributed by atoms with Gasteiger partial charge in [0, 0.05) is 21.6 Å². The molecule has 0 bridgehead atoms. The van der Waals surface area contributed by atoms with Crippen molar-refractivity contribution in [1.29, 1.82) is 5.26 Å². The van der Waals surface area contributed by atoms with Gasteiger partial charge in [-0.25, -0.2) is 0 Å². The van der Waals surface area contributed by atoms with Crippen LogP contribution in [0.2, 0.25) is 0 Å². The number of thiocarbonyl (C=S) groups is 1. The minimum atomic E-state index is -0.0855. The number of benzene rings is 2. The maximum absolute atomic E-state index is 13.1. The van der Waals surface area contributed by atoms with Crippen molar-refractivity contribution in [2.45, 2.75) is 44.8 Å². The Morgan fingerprint density at radius 2 is 2.00 bits per heavy atom. The van der Waals surface area contributed by atoms with Gasteiger partial charge in [0.1, 0.15) is 18.1 Å². The van der Waals surface area contributed by atoms with E-state index >= 15 is 0 Å². The van der Waals surface area contributed by atoms with Gasteiger partial charge >= 0.3 is 0 Å². The predicted octanol–water partition coefficient (Wildman–Crippen LogP) is 5.29. The number of nitrogens with zero attached hydrogens (tertiary/aromatic N) is 2. The number of rotatable bonds is 5. The van der Waals surface area contributed by atoms with Gasteiger partial charge in [-0.15, -0.1) is 0 Å². The van der Waals surface area contributed by atoms with Crippen LogP contribution in [0.15, 0.2) is 52.6 Å². The smallest absolute Gasteiger partial charge is 0.276 e. The first-order valence-electron chi connectivity index (χ1n) is 10.3. The quantitative estimate of drug-likeness (QED) is 0.450. The second kappa shape index (κ2) is 9.63. The molecule has 7 heteroatoms. The first kappa shape index (κ1) is 21.5. The molecule has 5 nitrogen and oxygen atoms in total. The van der Waals surface area contributed by atoms with E-state index in [0.29, 0.717) is 22.1 Å². The minimum Gasteiger partial charge on any atom is -0.488 e. The molecule has 1 saturated heterocycles. The molecule has 0 aromatic heterocycles. The minimum absolute atomic E-state index is 0.0855. The summed E-state index contributed by atoms with van der Waals surface area (Å²) in [7, 11) is 0. The van der Waals surface area contributed by atoms with Crippen LogP contribution in [-0.4, -0.2) is 22.0 Å². The summed E-state index contributed by atoms with van der Waals surface area (Å²) < 4.78 is 6.91. The third-order valence-corrected chi connectivity index (χ3v) is 6.43. The highest BCUT2D eigenvalue weighted by Crippen LogP contribution is 2.30. The van der Waals surface area contributed by atoms with Gasteiger partial charge in [0.2, 0.25) is 0 Å². The summed E-state index contributed by atoms with van der Waals surface area (Å²) >= 11 is 8.97. The second-order valence-corrected chi connectivity index (χ2v) is 9.00. The molecule has 1 aliphatic carbocycles. The lowest BCUT2D eigenvalue weighted by molar-refractivity contribution is -0.124. The van der Waals surface area contributed by atoms with E-state index in [9.17, 15) is 10.1 Å². The first-order valence-corrected chi connectivity index (χ1v) is 11.5. The lowest BCUT2D eigenvalue weighted by atomic mass is 9.94. The highest BCUT2D eigenvalue weighted by molar-refractivity contribution is 9.10. The number of ether oxygens (including phenoxy) is 1. The molecule has 158 valence electrons. The fourth-order valence-electron chi connectivity index (χ4n) is 4.05. The number of carbonyl (C=O) groups excluding carboxylic acids is 1. The van der Waals surface area contributed by atoms with E-state index < -0.39 is 0 Å². The molecule has 31 heavy (non-hydrogen) atoms. The molecule has 2 aromatic carbocycles. The molecule has 4 rings (SSSR count). The van der Waals surface area contributed by atoms with Crippen LogP contribution in [0.3, 0.4) is 0 Å². The van der Waals surface area contributed by atoms with Crippen molar-refractivity contribution in [1.82, 2.24) is 10.2 Å². The van der Waals surface area contributed by atoms with Crippen LogP contribution in [0, 0.1) is 11.3 Å². The summed E-state index contributed by atoms with van der Waals surface area (Å²) in [5.41, 5.74) is 2.61. The zero-order valence-electron chi connectivity index (χ0n) is 16.9. The Balaban J connectivity index is 1.57. The highest BCUT2D eigenvalue weighted by Gasteiger charge is 2.36. The summed E-state index contributed by atoms with van der Waals surface area (Å²) in [6.07, 6.45) is 7.24. The topological polar surface area (TPSA) is 65.4 Å². The van der Waals surface area contributed by atoms with Gasteiger partial charge in [0.15, 0.2) is 5.11 Å². The van der Waals surface area contributed by atoms with Crippen LogP contribution in [0.4, 0.5) is 0 Å². The van der Waals surface area contributed by atoms with Gasteiger partial charge in [-0.2, -0.15) is 5.26 Å². The zero-order chi connectivity index (χ0) is 21.8. The Kier molecular flexibility index (Phi) is 6.69. The standard InChI is InChI=1S/C24H22BrN3O2S/c25-19-10-11-22(30-15-17-7-5-4-6-16(17)14-26)18(12-19)13-21-23(29)28(24(31)27-21)20-8-2-1-3-9-20/h4-7,10-13,20H,1-3,8-9,15H2,(H,27,31). The molecule has 0 unspecified atom stereocenters. The predicted molar refractivity (Wildman–Crippen MR) is 127 cm³/mol. The molecule has 1 aliphatic heterocycles. The van der Waals surface area contributed by atoms with Gasteiger partial charge in [0.05, 0.1) is 11.6 Å². The number of carbonyl (C=O) groups is 1. The monoisotopic (exact) mass is 495 g/mol. The molecule has 1 amide bonds. The molecule has 1 saturated carbocycles. The highest BCUT2D eigenvalue weighted by atomic mass is 79.9. The van der Waals surface area contributed by atoms with Crippen molar-refractivity contribution in [3.63, 3.8) is 0 Å². The molecule has 1 heterocycles. The maximum atomic E-state index is 13.1. The zero-order valence-corrected chi connectivity index (χ0v) is 19.3. The van der Waals surface area contributed by atoms with Crippen molar-refractivity contribution in [3.05, 3.63) is 69.3 Å². The van der Waals surface area contributed by atoms with E-state index in [4.69, 9.17) is 17.0 Å². The first-order chi connectivity index (χ1) is 15.1. The molecule has 2 fully saturated rings. The number of nitrogens with one attached hydrogen (secondary N) is 1. The van der Waals surface area contributed by atoms with Crippen molar-refractivity contribution in [3.8, 4) is 11.8 Å². The van der Waals surface area contributed by atoms with Crippen LogP contribution >= 0.6 is 28.1 Å². The molecular formula is C24H22BrN3O2S. The van der Waals surface area contributed by atoms with E-state index in [0.717, 1.165) is 41.3 Å². The van der Waals surface area contributed by atoms with Gasteiger partial charge in [0.25, 0.3) is 5.91 Å². The lowest BCUT2D eigenvalue weighted by Crippen LogP contribution is -2.41. The van der Waals surface area contributed by atoms with Gasteiger partial charge in [-0.3, -0.25) is 9.69 Å². The third kappa shape index (κ3) is 4.81. The maximum Gasteiger partial charge on any atom is 0.276 e. The van der Waals surface area contributed by atoms with Crippen molar-refractivity contribution >= 4 is 45.2 Å². The van der Waals surface area contributed by atoms with Gasteiger partial charge in [-0.1, -0.05) is 53.4 Å². The number of amides is 1. The Morgan fingerprint density at radius 3 is 2.77 bits per heavy atom. The fourth-order valence-corrected chi connectivity index (χ4v) is 4.77. The molecule has 2 aromatic rings. The summed E-state index contributed by atoms with van der Waals surface area (Å²) in [6.45, 7) is 0.259. The Morgan fingerprint density at radius 1 is 1.23 bits per heavy atom. The fraction of sp³-hybridized carbons (Fsp3) is 0.292. The van der Waals surface area contributed by atoms with E-state index in [1.54, 1.807) is 17.0 Å². The summed E-state index contributed by atoms with van der Waals surface area (Å²) in [5, 5.41) is 12.9. The van der Waals surface area contributed by atoms with Crippen LogP contribution in [-0.2, 0) is 11.4 Å². The number of hydrogen-bond donors (Lipinski definition) is 1. The normalized spacial score (nSPS) is 18.2. The molecule has 0 spiro atoms. The van der Waals surface area contributed by atoms with E-state index in [1.807, 2.05) is 36.4 Å². The number of hydrogen-bond acceptors (Lipinski definition) is 4. The SMILES string of the molecule is N#Cc1ccccc1COc1ccc(Br)cc1C=C1NC(=S)N(C2CCCCC2)C1=O. The molecule has 0 atom stereocenters. The summed E-state index contributed by atoms with van der Waals surface area (Å²) in [5.74, 6) is 0.540. The Hall–Kier alpha value is -2.69. The Labute approximate surface area is 195 Å². The van der Waals surface area contributed by atoms with Crippen molar-refractivity contribution in [2.75, 3.05) is 0 Å². The summed E-state index contributed by atoms with van der Waals surface area (Å²) in [6, 6.07) is 15.4. The average Bonchev–Trinajstić information content (AvgIpc) is 3.06. The molecule has 2 aliphatic rings. The summed E-state index contributed by atoms with van der Waals surface area (Å²) in [4.78, 5) is 14.8. The van der Waals surface area contributed by atoms with Crippen LogP contribution in [0.5, 0.6) is 5.75 Å². The van der Waals surface area contributed by atoms with Crippen LogP contribution in [0.25, 0.3) is 6.08 Å². The van der Waals surface area contributed by atoms with E-state index in [1.165, 1.54) is 6.42 Å². The number of nitriles is 1. The van der Waals surface area contributed by atoms with Gasteiger partial charge in [-0.05, 0) is 55.4 Å². The number of halogens is 1. The lowest BCUT2D eigenvalue weighted by Gasteiger charge is -2.29. The largest absolute Gasteiger partial charge is 0.488 e. The Bertz CT molecular complexity index is 1090. The molecular weight excluding hydrogens is 474 g/mol. The van der Waals surface area contributed by atoms with Gasteiger partial charge < -0.3 is 10.1 Å². The van der Waals surface area contributed by atoms with Crippen molar-refractivity contribution < 1.29 is 9.53 Å². The van der Waals surface area contributed by atoms with E-state index in [-0.39, 0.29) is 18.6 Å². The van der Waals surface area contributed by atoms with Crippen LogP contribution in [0.1, 0.15) is 48.8 Å². The third-order valence-electron chi connectivity index (χ3n) is 5.64. The van der Waals surface area contributed by atoms with Crippen LogP contribution < -0.4 is 10.1 Å². The molecule has 1 N–H and O–H groups in total. The average molecular weight is 496 g/mol. The van der Waals surface area contributed by atoms with Crippen molar-refractivity contribution in [2.24, 2.45) is 0 Å². The van der Waals surface area contributed by atoms with E-state index in [2.05, 4.69) is 27.3 Å². The second-order valence-electron chi connectivity index (χ2n) is 7.69.